The van der Waals surface area contributed by atoms with E-state index in [1.165, 1.54) is 30.6 Å². The van der Waals surface area contributed by atoms with Gasteiger partial charge in [-0.3, -0.25) is 9.10 Å². The molecule has 0 heterocycles. The molecule has 0 aliphatic carbocycles. The number of rotatable bonds is 9. The van der Waals surface area contributed by atoms with Gasteiger partial charge in [-0.25, -0.2) is 8.42 Å². The normalized spacial score (nSPS) is 11.6. The Balaban J connectivity index is 1.58. The van der Waals surface area contributed by atoms with E-state index in [0.29, 0.717) is 30.2 Å². The lowest BCUT2D eigenvalue weighted by Crippen LogP contribution is -2.29. The number of para-hydroxylation sites is 1. The summed E-state index contributed by atoms with van der Waals surface area (Å²) < 4.78 is 38.0. The summed E-state index contributed by atoms with van der Waals surface area (Å²) in [6.45, 7) is 7.05. The molecule has 1 N–H and O–H groups in total. The van der Waals surface area contributed by atoms with Crippen molar-refractivity contribution < 1.29 is 22.7 Å². The van der Waals surface area contributed by atoms with E-state index in [1.54, 1.807) is 36.4 Å². The van der Waals surface area contributed by atoms with Crippen LogP contribution in [0.1, 0.15) is 36.7 Å². The third-order valence-corrected chi connectivity index (χ3v) is 7.35. The second-order valence-corrected chi connectivity index (χ2v) is 11.0. The highest BCUT2D eigenvalue weighted by Gasteiger charge is 2.22. The van der Waals surface area contributed by atoms with Crippen molar-refractivity contribution in [3.63, 3.8) is 0 Å². The molecule has 0 spiro atoms. The minimum atomic E-state index is -3.75. The number of methoxy groups -OCH3 is 1. The number of ether oxygens (including phenoxy) is 2. The topological polar surface area (TPSA) is 84.9 Å². The number of hydrogen-bond donors (Lipinski definition) is 1. The van der Waals surface area contributed by atoms with Gasteiger partial charge < -0.3 is 14.8 Å². The lowest BCUT2D eigenvalue weighted by molar-refractivity contribution is 0.0947. The van der Waals surface area contributed by atoms with Crippen LogP contribution in [0.4, 0.5) is 5.69 Å². The van der Waals surface area contributed by atoms with Gasteiger partial charge in [0.25, 0.3) is 15.9 Å². The van der Waals surface area contributed by atoms with Gasteiger partial charge in [0, 0.05) is 12.6 Å². The highest BCUT2D eigenvalue weighted by atomic mass is 32.2. The molecule has 7 nitrogen and oxygen atoms in total. The number of hydrogen-bond acceptors (Lipinski definition) is 5. The van der Waals surface area contributed by atoms with Crippen LogP contribution in [0, 0.1) is 0 Å². The SMILES string of the molecule is COc1ccc(S(=O)(=O)N(C)c2ccc(C(=O)NCCOc3ccccc3C(C)(C)C)cc2)cc1. The maximum atomic E-state index is 12.9. The lowest BCUT2D eigenvalue weighted by atomic mass is 9.86. The highest BCUT2D eigenvalue weighted by molar-refractivity contribution is 7.92. The zero-order valence-electron chi connectivity index (χ0n) is 20.7. The Bertz CT molecular complexity index is 1250. The van der Waals surface area contributed by atoms with Crippen molar-refractivity contribution in [1.82, 2.24) is 5.32 Å². The van der Waals surface area contributed by atoms with Gasteiger partial charge in [0.05, 0.1) is 24.2 Å². The molecule has 0 saturated heterocycles. The van der Waals surface area contributed by atoms with Gasteiger partial charge in [0.2, 0.25) is 0 Å². The van der Waals surface area contributed by atoms with Crippen molar-refractivity contribution >= 4 is 21.6 Å². The summed E-state index contributed by atoms with van der Waals surface area (Å²) in [7, 11) is -0.754. The molecule has 0 aliphatic rings. The standard InChI is InChI=1S/C27H32N2O5S/c1-27(2,3)24-8-6-7-9-25(24)34-19-18-28-26(30)20-10-12-21(13-11-20)29(4)35(31,32)23-16-14-22(33-5)15-17-23/h6-17H,18-19H2,1-5H3,(H,28,30). The lowest BCUT2D eigenvalue weighted by Gasteiger charge is -2.22. The summed E-state index contributed by atoms with van der Waals surface area (Å²) >= 11 is 0. The van der Waals surface area contributed by atoms with Crippen molar-refractivity contribution in [3.8, 4) is 11.5 Å². The van der Waals surface area contributed by atoms with Crippen LogP contribution in [0.25, 0.3) is 0 Å². The second-order valence-electron chi connectivity index (χ2n) is 9.05. The van der Waals surface area contributed by atoms with Crippen LogP contribution < -0.4 is 19.1 Å². The molecule has 1 amide bonds. The van der Waals surface area contributed by atoms with Gasteiger partial charge in [-0.2, -0.15) is 0 Å². The Labute approximate surface area is 207 Å². The first kappa shape index (κ1) is 26.1. The number of carbonyl (C=O) groups is 1. The summed E-state index contributed by atoms with van der Waals surface area (Å²) in [5.74, 6) is 1.12. The summed E-state index contributed by atoms with van der Waals surface area (Å²) in [6, 6.07) is 20.5. The van der Waals surface area contributed by atoms with Crippen molar-refractivity contribution in [2.45, 2.75) is 31.1 Å². The summed E-state index contributed by atoms with van der Waals surface area (Å²) in [5, 5.41) is 2.84. The molecule has 186 valence electrons. The zero-order chi connectivity index (χ0) is 25.6. The molecule has 8 heteroatoms. The quantitative estimate of drug-likeness (QED) is 0.437. The smallest absolute Gasteiger partial charge is 0.264 e. The molecule has 3 aromatic carbocycles. The van der Waals surface area contributed by atoms with Gasteiger partial charge in [-0.05, 0) is 65.6 Å². The van der Waals surface area contributed by atoms with Gasteiger partial charge in [0.1, 0.15) is 18.1 Å². The van der Waals surface area contributed by atoms with Crippen LogP contribution in [0.5, 0.6) is 11.5 Å². The van der Waals surface area contributed by atoms with Crippen molar-refractivity contribution in [3.05, 3.63) is 83.9 Å². The maximum absolute atomic E-state index is 12.9. The number of sulfonamides is 1. The minimum absolute atomic E-state index is 0.0460. The Morgan fingerprint density at radius 1 is 0.943 bits per heavy atom. The molecule has 0 unspecified atom stereocenters. The number of nitrogens with zero attached hydrogens (tertiary/aromatic N) is 1. The molecule has 35 heavy (non-hydrogen) atoms. The first-order chi connectivity index (χ1) is 16.5. The molecule has 0 bridgehead atoms. The van der Waals surface area contributed by atoms with E-state index in [0.717, 1.165) is 11.3 Å². The third kappa shape index (κ3) is 6.33. The first-order valence-electron chi connectivity index (χ1n) is 11.3. The zero-order valence-corrected chi connectivity index (χ0v) is 21.6. The van der Waals surface area contributed by atoms with E-state index in [9.17, 15) is 13.2 Å². The van der Waals surface area contributed by atoms with Crippen molar-refractivity contribution in [1.29, 1.82) is 0 Å². The number of nitrogens with one attached hydrogen (secondary N) is 1. The Morgan fingerprint density at radius 3 is 2.17 bits per heavy atom. The van der Waals surface area contributed by atoms with Crippen molar-refractivity contribution in [2.75, 3.05) is 31.6 Å². The average Bonchev–Trinajstić information content (AvgIpc) is 2.85. The van der Waals surface area contributed by atoms with E-state index in [2.05, 4.69) is 26.1 Å². The number of amides is 1. The molecular formula is C27H32N2O5S. The van der Waals surface area contributed by atoms with E-state index >= 15 is 0 Å². The predicted octanol–water partition coefficient (Wildman–Crippen LogP) is 4.63. The summed E-state index contributed by atoms with van der Waals surface area (Å²) in [6.07, 6.45) is 0. The largest absolute Gasteiger partial charge is 0.497 e. The first-order valence-corrected chi connectivity index (χ1v) is 12.7. The molecule has 3 rings (SSSR count). The molecule has 0 atom stereocenters. The number of carbonyl (C=O) groups excluding carboxylic acids is 1. The summed E-state index contributed by atoms with van der Waals surface area (Å²) in [4.78, 5) is 12.7. The average molecular weight is 497 g/mol. The fourth-order valence-corrected chi connectivity index (χ4v) is 4.70. The molecule has 0 aliphatic heterocycles. The van der Waals surface area contributed by atoms with Crippen LogP contribution in [0.2, 0.25) is 0 Å². The predicted molar refractivity (Wildman–Crippen MR) is 138 cm³/mol. The van der Waals surface area contributed by atoms with Crippen LogP contribution in [0.15, 0.2) is 77.7 Å². The maximum Gasteiger partial charge on any atom is 0.264 e. The van der Waals surface area contributed by atoms with Crippen LogP contribution in [0.3, 0.4) is 0 Å². The fourth-order valence-electron chi connectivity index (χ4n) is 3.51. The molecule has 0 radical (unpaired) electrons. The van der Waals surface area contributed by atoms with Gasteiger partial charge in [-0.1, -0.05) is 39.0 Å². The molecule has 3 aromatic rings. The van der Waals surface area contributed by atoms with Crippen LogP contribution in [-0.2, 0) is 15.4 Å². The Morgan fingerprint density at radius 2 is 1.57 bits per heavy atom. The van der Waals surface area contributed by atoms with Crippen molar-refractivity contribution in [2.24, 2.45) is 0 Å². The minimum Gasteiger partial charge on any atom is -0.497 e. The third-order valence-electron chi connectivity index (χ3n) is 5.55. The number of benzene rings is 3. The molecule has 0 aromatic heterocycles. The molecule has 0 fully saturated rings. The van der Waals surface area contributed by atoms with E-state index in [4.69, 9.17) is 9.47 Å². The van der Waals surface area contributed by atoms with E-state index < -0.39 is 10.0 Å². The van der Waals surface area contributed by atoms with Gasteiger partial charge >= 0.3 is 0 Å². The van der Waals surface area contributed by atoms with Crippen LogP contribution >= 0.6 is 0 Å². The Kier molecular flexibility index (Phi) is 8.07. The van der Waals surface area contributed by atoms with E-state index in [1.807, 2.05) is 24.3 Å². The van der Waals surface area contributed by atoms with Gasteiger partial charge in [-0.15, -0.1) is 0 Å². The van der Waals surface area contributed by atoms with E-state index in [-0.39, 0.29) is 16.2 Å². The molecular weight excluding hydrogens is 464 g/mol. The molecule has 0 saturated carbocycles. The second kappa shape index (κ2) is 10.8. The van der Waals surface area contributed by atoms with Gasteiger partial charge in [0.15, 0.2) is 0 Å². The highest BCUT2D eigenvalue weighted by Crippen LogP contribution is 2.30. The summed E-state index contributed by atoms with van der Waals surface area (Å²) in [5.41, 5.74) is 1.93. The monoisotopic (exact) mass is 496 g/mol. The van der Waals surface area contributed by atoms with Crippen LogP contribution in [-0.4, -0.2) is 41.6 Å². The fraction of sp³-hybridized carbons (Fsp3) is 0.296. The number of anilines is 1. The Hall–Kier alpha value is -3.52.